The molecule has 2 fully saturated rings. The Morgan fingerprint density at radius 1 is 1.22 bits per heavy atom. The van der Waals surface area contributed by atoms with Gasteiger partial charge in [-0.25, -0.2) is 4.98 Å². The number of hydrogen-bond donors (Lipinski definition) is 1. The monoisotopic (exact) mass is 368 g/mol. The van der Waals surface area contributed by atoms with Crippen LogP contribution in [0.4, 0.5) is 5.82 Å². The van der Waals surface area contributed by atoms with Gasteiger partial charge in [0, 0.05) is 43.7 Å². The van der Waals surface area contributed by atoms with Crippen molar-refractivity contribution in [1.29, 1.82) is 0 Å². The van der Waals surface area contributed by atoms with E-state index >= 15 is 0 Å². The van der Waals surface area contributed by atoms with E-state index in [1.807, 2.05) is 18.2 Å². The van der Waals surface area contributed by atoms with Crippen LogP contribution in [-0.2, 0) is 4.74 Å². The van der Waals surface area contributed by atoms with E-state index in [0.29, 0.717) is 12.2 Å². The lowest BCUT2D eigenvalue weighted by atomic mass is 10.1. The molecule has 7 heteroatoms. The molecule has 4 rings (SSSR count). The van der Waals surface area contributed by atoms with Crippen molar-refractivity contribution in [2.45, 2.75) is 25.0 Å². The Hall–Kier alpha value is -2.51. The van der Waals surface area contributed by atoms with Crippen molar-refractivity contribution in [3.05, 3.63) is 42.2 Å². The zero-order valence-electron chi connectivity index (χ0n) is 15.4. The van der Waals surface area contributed by atoms with Gasteiger partial charge in [0.2, 0.25) is 0 Å². The molecule has 1 N–H and O–H groups in total. The van der Waals surface area contributed by atoms with Crippen molar-refractivity contribution in [3.8, 4) is 11.3 Å². The molecule has 2 aromatic rings. The third-order valence-electron chi connectivity index (χ3n) is 5.31. The minimum Gasteiger partial charge on any atom is -0.388 e. The molecule has 2 aliphatic rings. The first-order valence-corrected chi connectivity index (χ1v) is 9.34. The Kier molecular flexibility index (Phi) is 5.05. The molecule has 7 nitrogen and oxygen atoms in total. The van der Waals surface area contributed by atoms with E-state index in [9.17, 15) is 9.90 Å². The summed E-state index contributed by atoms with van der Waals surface area (Å²) in [5.74, 6) is 0.727. The number of hydrogen-bond acceptors (Lipinski definition) is 6. The van der Waals surface area contributed by atoms with Crippen LogP contribution in [0.5, 0.6) is 0 Å². The van der Waals surface area contributed by atoms with Crippen LogP contribution in [0.25, 0.3) is 11.3 Å². The Bertz CT molecular complexity index is 822. The number of carbonyl (C=O) groups excluding carboxylic acids is 1. The highest BCUT2D eigenvalue weighted by Gasteiger charge is 2.32. The topological polar surface area (TPSA) is 78.8 Å². The fourth-order valence-electron chi connectivity index (χ4n) is 3.75. The number of nitrogens with zero attached hydrogens (tertiary/aromatic N) is 4. The first-order valence-electron chi connectivity index (χ1n) is 9.34. The van der Waals surface area contributed by atoms with E-state index in [0.717, 1.165) is 43.0 Å². The molecule has 2 aliphatic heterocycles. The maximum atomic E-state index is 12.9. The van der Waals surface area contributed by atoms with E-state index < -0.39 is 6.10 Å². The molecular formula is C20H24N4O3. The number of aromatic nitrogens is 2. The second-order valence-corrected chi connectivity index (χ2v) is 7.09. The molecule has 0 unspecified atom stereocenters. The molecule has 27 heavy (non-hydrogen) atoms. The van der Waals surface area contributed by atoms with Crippen LogP contribution >= 0.6 is 0 Å². The quantitative estimate of drug-likeness (QED) is 0.883. The third-order valence-corrected chi connectivity index (χ3v) is 5.31. The summed E-state index contributed by atoms with van der Waals surface area (Å²) in [5.41, 5.74) is 2.22. The molecule has 0 spiro atoms. The fourth-order valence-corrected chi connectivity index (χ4v) is 3.75. The minimum absolute atomic E-state index is 0.141. The number of aliphatic hydroxyl groups excluding tert-OH is 1. The van der Waals surface area contributed by atoms with Crippen LogP contribution in [0.2, 0.25) is 0 Å². The Labute approximate surface area is 158 Å². The first-order chi connectivity index (χ1) is 13.1. The average molecular weight is 368 g/mol. The van der Waals surface area contributed by atoms with E-state index in [4.69, 9.17) is 4.74 Å². The molecule has 0 radical (unpaired) electrons. The van der Waals surface area contributed by atoms with Gasteiger partial charge < -0.3 is 19.6 Å². The van der Waals surface area contributed by atoms with E-state index in [2.05, 4.69) is 14.9 Å². The standard InChI is InChI=1S/C20H24N4O3/c1-23(16-12-27-13-17(16)25)20(26)15-6-4-5-14(11-15)18-19(22-8-7-21-18)24-9-2-3-10-24/h4-8,11,16-17,25H,2-3,9-10,12-13H2,1H3/t16-,17-/m0/s1. The smallest absolute Gasteiger partial charge is 0.254 e. The van der Waals surface area contributed by atoms with Crippen LogP contribution in [-0.4, -0.2) is 71.4 Å². The number of anilines is 1. The lowest BCUT2D eigenvalue weighted by Gasteiger charge is -2.26. The lowest BCUT2D eigenvalue weighted by molar-refractivity contribution is 0.0581. The summed E-state index contributed by atoms with van der Waals surface area (Å²) in [4.78, 5) is 25.8. The molecule has 142 valence electrons. The van der Waals surface area contributed by atoms with Gasteiger partial charge in [-0.15, -0.1) is 0 Å². The van der Waals surface area contributed by atoms with Gasteiger partial charge in [0.05, 0.1) is 25.4 Å². The maximum Gasteiger partial charge on any atom is 0.254 e. The van der Waals surface area contributed by atoms with Crippen molar-refractivity contribution in [2.24, 2.45) is 0 Å². The third kappa shape index (κ3) is 3.52. The molecule has 1 amide bonds. The molecule has 0 aliphatic carbocycles. The highest BCUT2D eigenvalue weighted by molar-refractivity contribution is 5.95. The maximum absolute atomic E-state index is 12.9. The number of carbonyl (C=O) groups is 1. The zero-order chi connectivity index (χ0) is 18.8. The molecular weight excluding hydrogens is 344 g/mol. The second kappa shape index (κ2) is 7.62. The van der Waals surface area contributed by atoms with Crippen molar-refractivity contribution >= 4 is 11.7 Å². The van der Waals surface area contributed by atoms with Gasteiger partial charge in [0.25, 0.3) is 5.91 Å². The van der Waals surface area contributed by atoms with Gasteiger partial charge in [0.1, 0.15) is 5.69 Å². The average Bonchev–Trinajstić information content (AvgIpc) is 3.39. The molecule has 0 bridgehead atoms. The van der Waals surface area contributed by atoms with Gasteiger partial charge >= 0.3 is 0 Å². The van der Waals surface area contributed by atoms with Crippen LogP contribution in [0.15, 0.2) is 36.7 Å². The van der Waals surface area contributed by atoms with Crippen LogP contribution in [0.1, 0.15) is 23.2 Å². The van der Waals surface area contributed by atoms with E-state index in [-0.39, 0.29) is 18.6 Å². The summed E-state index contributed by atoms with van der Waals surface area (Å²) >= 11 is 0. The lowest BCUT2D eigenvalue weighted by Crippen LogP contribution is -2.44. The van der Waals surface area contributed by atoms with E-state index in [1.165, 1.54) is 0 Å². The number of benzene rings is 1. The molecule has 3 heterocycles. The molecule has 1 aromatic carbocycles. The summed E-state index contributed by atoms with van der Waals surface area (Å²) in [5, 5.41) is 10.0. The summed E-state index contributed by atoms with van der Waals surface area (Å²) < 4.78 is 5.27. The van der Waals surface area contributed by atoms with Gasteiger partial charge in [0.15, 0.2) is 5.82 Å². The van der Waals surface area contributed by atoms with Crippen molar-refractivity contribution < 1.29 is 14.6 Å². The summed E-state index contributed by atoms with van der Waals surface area (Å²) in [6.45, 7) is 2.58. The number of amides is 1. The highest BCUT2D eigenvalue weighted by atomic mass is 16.5. The van der Waals surface area contributed by atoms with Gasteiger partial charge in [-0.3, -0.25) is 9.78 Å². The van der Waals surface area contributed by atoms with Crippen molar-refractivity contribution in [2.75, 3.05) is 38.3 Å². The number of likely N-dealkylation sites (N-methyl/N-ethyl adjacent to an activating group) is 1. The number of rotatable bonds is 4. The summed E-state index contributed by atoms with van der Waals surface area (Å²) in [6.07, 6.45) is 5.06. The van der Waals surface area contributed by atoms with Crippen LogP contribution < -0.4 is 4.90 Å². The second-order valence-electron chi connectivity index (χ2n) is 7.09. The molecule has 1 aromatic heterocycles. The predicted octanol–water partition coefficient (Wildman–Crippen LogP) is 1.58. The van der Waals surface area contributed by atoms with Gasteiger partial charge in [-0.1, -0.05) is 12.1 Å². The Morgan fingerprint density at radius 3 is 2.74 bits per heavy atom. The van der Waals surface area contributed by atoms with E-state index in [1.54, 1.807) is 30.4 Å². The highest BCUT2D eigenvalue weighted by Crippen LogP contribution is 2.29. The Morgan fingerprint density at radius 2 is 2.00 bits per heavy atom. The van der Waals surface area contributed by atoms with Crippen molar-refractivity contribution in [1.82, 2.24) is 14.9 Å². The van der Waals surface area contributed by atoms with Gasteiger partial charge in [-0.05, 0) is 25.0 Å². The van der Waals surface area contributed by atoms with Crippen molar-refractivity contribution in [3.63, 3.8) is 0 Å². The normalized spacial score (nSPS) is 22.2. The first kappa shape index (κ1) is 17.9. The van der Waals surface area contributed by atoms with Crippen LogP contribution in [0, 0.1) is 0 Å². The van der Waals surface area contributed by atoms with Gasteiger partial charge in [-0.2, -0.15) is 0 Å². The zero-order valence-corrected chi connectivity index (χ0v) is 15.4. The predicted molar refractivity (Wildman–Crippen MR) is 102 cm³/mol. The molecule has 2 atom stereocenters. The number of ether oxygens (including phenoxy) is 1. The fraction of sp³-hybridized carbons (Fsp3) is 0.450. The largest absolute Gasteiger partial charge is 0.388 e. The Balaban J connectivity index is 1.62. The molecule has 2 saturated heterocycles. The van der Waals surface area contributed by atoms with Crippen LogP contribution in [0.3, 0.4) is 0 Å². The summed E-state index contributed by atoms with van der Waals surface area (Å²) in [6, 6.07) is 7.13. The minimum atomic E-state index is -0.649. The SMILES string of the molecule is CN(C(=O)c1cccc(-c2nccnc2N2CCCC2)c1)[C@H]1COC[C@@H]1O. The molecule has 0 saturated carbocycles. The number of aliphatic hydroxyl groups is 1. The summed E-state index contributed by atoms with van der Waals surface area (Å²) in [7, 11) is 1.70.